The van der Waals surface area contributed by atoms with Crippen LogP contribution in [0.1, 0.15) is 11.6 Å². The third kappa shape index (κ3) is 3.78. The van der Waals surface area contributed by atoms with Gasteiger partial charge in [0.1, 0.15) is 11.6 Å². The molecule has 4 rings (SSSR count). The number of piperazine rings is 1. The van der Waals surface area contributed by atoms with Crippen LogP contribution in [0.4, 0.5) is 10.3 Å². The second kappa shape index (κ2) is 8.23. The summed E-state index contributed by atoms with van der Waals surface area (Å²) in [4.78, 5) is 25.8. The third-order valence-corrected chi connectivity index (χ3v) is 5.57. The zero-order chi connectivity index (χ0) is 21.3. The molecule has 7 nitrogen and oxygen atoms in total. The molecule has 0 spiro atoms. The second-order valence-corrected chi connectivity index (χ2v) is 7.40. The molecule has 1 aromatic carbocycles. The van der Waals surface area contributed by atoms with E-state index in [4.69, 9.17) is 9.72 Å². The SMILES string of the molecule is COc1cc(F)ccc1C1CN(c2nc(-c3ccncc3)cc(=O)n2C)CCN1C. The lowest BCUT2D eigenvalue weighted by Crippen LogP contribution is -2.48. The normalized spacial score (nSPS) is 17.2. The summed E-state index contributed by atoms with van der Waals surface area (Å²) >= 11 is 0. The number of hydrogen-bond donors (Lipinski definition) is 0. The summed E-state index contributed by atoms with van der Waals surface area (Å²) in [5.74, 6) is 0.787. The average molecular weight is 409 g/mol. The van der Waals surface area contributed by atoms with E-state index in [1.165, 1.54) is 18.2 Å². The van der Waals surface area contributed by atoms with Gasteiger partial charge < -0.3 is 9.64 Å². The lowest BCUT2D eigenvalue weighted by atomic mass is 10.0. The minimum atomic E-state index is -0.333. The summed E-state index contributed by atoms with van der Waals surface area (Å²) in [6.07, 6.45) is 3.36. The van der Waals surface area contributed by atoms with E-state index in [0.29, 0.717) is 23.9 Å². The smallest absolute Gasteiger partial charge is 0.255 e. The molecule has 3 aromatic rings. The highest BCUT2D eigenvalue weighted by Crippen LogP contribution is 2.33. The number of rotatable bonds is 4. The van der Waals surface area contributed by atoms with Crippen molar-refractivity contribution in [3.05, 3.63) is 70.5 Å². The fraction of sp³-hybridized carbons (Fsp3) is 0.318. The number of halogens is 1. The topological polar surface area (TPSA) is 63.5 Å². The Hall–Kier alpha value is -3.26. The van der Waals surface area contributed by atoms with Crippen LogP contribution in [0.3, 0.4) is 0 Å². The molecule has 1 aliphatic heterocycles. The number of anilines is 1. The van der Waals surface area contributed by atoms with Gasteiger partial charge >= 0.3 is 0 Å². The van der Waals surface area contributed by atoms with Crippen LogP contribution >= 0.6 is 0 Å². The van der Waals surface area contributed by atoms with E-state index >= 15 is 0 Å². The minimum Gasteiger partial charge on any atom is -0.496 e. The maximum Gasteiger partial charge on any atom is 0.255 e. The average Bonchev–Trinajstić information content (AvgIpc) is 2.76. The standard InChI is InChI=1S/C22H24FN5O2/c1-26-10-11-28(14-19(26)17-5-4-16(23)12-20(17)30-3)22-25-18(13-21(29)27(22)2)15-6-8-24-9-7-15/h4-9,12-13,19H,10-11,14H2,1-3H3. The molecule has 2 aromatic heterocycles. The summed E-state index contributed by atoms with van der Waals surface area (Å²) in [5, 5.41) is 0. The van der Waals surface area contributed by atoms with Gasteiger partial charge in [-0.2, -0.15) is 0 Å². The van der Waals surface area contributed by atoms with Crippen molar-refractivity contribution in [2.45, 2.75) is 6.04 Å². The molecule has 0 amide bonds. The van der Waals surface area contributed by atoms with Gasteiger partial charge in [0.05, 0.1) is 18.8 Å². The first-order valence-electron chi connectivity index (χ1n) is 9.75. The zero-order valence-electron chi connectivity index (χ0n) is 17.2. The molecule has 0 bridgehead atoms. The number of hydrogen-bond acceptors (Lipinski definition) is 6. The second-order valence-electron chi connectivity index (χ2n) is 7.40. The Morgan fingerprint density at radius 3 is 2.60 bits per heavy atom. The van der Waals surface area contributed by atoms with Crippen molar-refractivity contribution >= 4 is 5.95 Å². The van der Waals surface area contributed by atoms with Gasteiger partial charge in [-0.15, -0.1) is 0 Å². The van der Waals surface area contributed by atoms with Gasteiger partial charge in [-0.1, -0.05) is 6.07 Å². The Morgan fingerprint density at radius 1 is 1.10 bits per heavy atom. The van der Waals surface area contributed by atoms with Gasteiger partial charge in [-0.25, -0.2) is 9.37 Å². The summed E-state index contributed by atoms with van der Waals surface area (Å²) < 4.78 is 20.7. The van der Waals surface area contributed by atoms with E-state index in [0.717, 1.165) is 24.2 Å². The van der Waals surface area contributed by atoms with Crippen molar-refractivity contribution in [3.8, 4) is 17.0 Å². The quantitative estimate of drug-likeness (QED) is 0.660. The number of benzene rings is 1. The van der Waals surface area contributed by atoms with Crippen LogP contribution in [0.25, 0.3) is 11.3 Å². The van der Waals surface area contributed by atoms with Crippen LogP contribution in [0.15, 0.2) is 53.6 Å². The molecule has 30 heavy (non-hydrogen) atoms. The van der Waals surface area contributed by atoms with E-state index in [-0.39, 0.29) is 17.4 Å². The van der Waals surface area contributed by atoms with Gasteiger partial charge in [0.2, 0.25) is 5.95 Å². The van der Waals surface area contributed by atoms with Crippen LogP contribution in [-0.2, 0) is 7.05 Å². The van der Waals surface area contributed by atoms with Crippen molar-refractivity contribution in [3.63, 3.8) is 0 Å². The van der Waals surface area contributed by atoms with Gasteiger partial charge in [0.25, 0.3) is 5.56 Å². The summed E-state index contributed by atoms with van der Waals surface area (Å²) in [7, 11) is 5.31. The molecular weight excluding hydrogens is 385 g/mol. The van der Waals surface area contributed by atoms with Gasteiger partial charge in [-0.3, -0.25) is 19.2 Å². The van der Waals surface area contributed by atoms with Crippen LogP contribution < -0.4 is 15.2 Å². The molecule has 1 atom stereocenters. The van der Waals surface area contributed by atoms with Crippen LogP contribution in [0.2, 0.25) is 0 Å². The van der Waals surface area contributed by atoms with Crippen LogP contribution in [0, 0.1) is 5.82 Å². The fourth-order valence-electron chi connectivity index (χ4n) is 3.83. The Morgan fingerprint density at radius 2 is 1.87 bits per heavy atom. The maximum absolute atomic E-state index is 13.7. The maximum atomic E-state index is 13.7. The van der Waals surface area contributed by atoms with Gasteiger partial charge in [-0.05, 0) is 25.2 Å². The highest BCUT2D eigenvalue weighted by atomic mass is 19.1. The predicted octanol–water partition coefficient (Wildman–Crippen LogP) is 2.48. The first kappa shape index (κ1) is 20.0. The Labute approximate surface area is 174 Å². The molecule has 0 saturated carbocycles. The number of ether oxygens (including phenoxy) is 1. The molecule has 1 saturated heterocycles. The summed E-state index contributed by atoms with van der Waals surface area (Å²) in [6, 6.07) is 9.79. The lowest BCUT2D eigenvalue weighted by molar-refractivity contribution is 0.214. The van der Waals surface area contributed by atoms with E-state index in [1.807, 2.05) is 19.2 Å². The number of methoxy groups -OCH3 is 1. The fourth-order valence-corrected chi connectivity index (χ4v) is 3.83. The molecule has 0 N–H and O–H groups in total. The van der Waals surface area contributed by atoms with Crippen molar-refractivity contribution in [2.24, 2.45) is 7.05 Å². The molecule has 1 fully saturated rings. The van der Waals surface area contributed by atoms with Crippen LogP contribution in [-0.4, -0.2) is 53.2 Å². The number of nitrogens with zero attached hydrogens (tertiary/aromatic N) is 5. The molecule has 3 heterocycles. The molecule has 0 radical (unpaired) electrons. The summed E-state index contributed by atoms with van der Waals surface area (Å²) in [6.45, 7) is 2.08. The first-order valence-corrected chi connectivity index (χ1v) is 9.75. The Bertz CT molecular complexity index is 1100. The Balaban J connectivity index is 1.72. The van der Waals surface area contributed by atoms with E-state index < -0.39 is 0 Å². The summed E-state index contributed by atoms with van der Waals surface area (Å²) in [5.41, 5.74) is 2.24. The van der Waals surface area contributed by atoms with Crippen LogP contribution in [0.5, 0.6) is 5.75 Å². The highest BCUT2D eigenvalue weighted by Gasteiger charge is 2.30. The zero-order valence-corrected chi connectivity index (χ0v) is 17.2. The largest absolute Gasteiger partial charge is 0.496 e. The minimum absolute atomic E-state index is 0.0317. The predicted molar refractivity (Wildman–Crippen MR) is 113 cm³/mol. The van der Waals surface area contributed by atoms with Gasteiger partial charge in [0, 0.05) is 62.3 Å². The van der Waals surface area contributed by atoms with E-state index in [2.05, 4.69) is 14.8 Å². The van der Waals surface area contributed by atoms with E-state index in [9.17, 15) is 9.18 Å². The number of aromatic nitrogens is 3. The molecular formula is C22H24FN5O2. The lowest BCUT2D eigenvalue weighted by Gasteiger charge is -2.40. The van der Waals surface area contributed by atoms with Crippen molar-refractivity contribution in [1.29, 1.82) is 0 Å². The molecule has 1 aliphatic rings. The third-order valence-electron chi connectivity index (χ3n) is 5.57. The number of likely N-dealkylation sites (N-methyl/N-ethyl adjacent to an activating group) is 1. The monoisotopic (exact) mass is 409 g/mol. The van der Waals surface area contributed by atoms with E-state index in [1.54, 1.807) is 37.2 Å². The Kier molecular flexibility index (Phi) is 5.50. The molecule has 0 aliphatic carbocycles. The molecule has 156 valence electrons. The highest BCUT2D eigenvalue weighted by molar-refractivity contribution is 5.59. The molecule has 1 unspecified atom stereocenters. The first-order chi connectivity index (χ1) is 14.5. The van der Waals surface area contributed by atoms with Crippen molar-refractivity contribution < 1.29 is 9.13 Å². The van der Waals surface area contributed by atoms with Crippen molar-refractivity contribution in [2.75, 3.05) is 38.7 Å². The van der Waals surface area contributed by atoms with Crippen molar-refractivity contribution in [1.82, 2.24) is 19.4 Å². The molecule has 8 heteroatoms. The van der Waals surface area contributed by atoms with Gasteiger partial charge in [0.15, 0.2) is 0 Å². The number of pyridine rings is 1.